The Morgan fingerprint density at radius 1 is 0.450 bits per heavy atom. The molecule has 1 unspecified atom stereocenters. The third kappa shape index (κ3) is 24.0. The fourth-order valence-corrected chi connectivity index (χ4v) is 6.99. The van der Waals surface area contributed by atoms with Crippen LogP contribution in [-0.4, -0.2) is 230 Å². The Labute approximate surface area is 356 Å². The second-order valence-corrected chi connectivity index (χ2v) is 15.8. The number of unbranched alkanes of at least 4 members (excludes halogenated alkanes) is 8. The molecule has 0 spiro atoms. The average Bonchev–Trinajstić information content (AvgIpc) is 3.24. The number of hydrogen-bond donors (Lipinski definition) is 14. The van der Waals surface area contributed by atoms with Crippen molar-refractivity contribution in [1.82, 2.24) is 31.5 Å². The van der Waals surface area contributed by atoms with Crippen LogP contribution in [0.25, 0.3) is 0 Å². The van der Waals surface area contributed by atoms with Gasteiger partial charge in [0, 0.05) is 58.8 Å². The van der Waals surface area contributed by atoms with Gasteiger partial charge in [0.2, 0.25) is 0 Å². The van der Waals surface area contributed by atoms with Gasteiger partial charge in [-0.2, -0.15) is 0 Å². The molecule has 0 bridgehead atoms. The van der Waals surface area contributed by atoms with Crippen molar-refractivity contribution >= 4 is 5.97 Å². The standard InChI is InChI=1S/C40H82N6O14/c47-28-30-33(51)35(53)37(55)39(59-30)57-26-24-46(25-27-58-40-38(56)36(54)34(52)31(29-48)60-40)23-11-4-3-9-15-43-20-22-45-21-19-42-14-8-2-1-7-13-41-17-18-44-16-10-5-6-12-32(49)50/h30-31,33-45,47-48,51-56H,1-29H2,(H,49,50)/t30-,31-,33-,34-,35+,36+,37+,38+,39+,40?/m1/s1. The minimum absolute atomic E-state index is 0.0952. The first-order valence-electron chi connectivity index (χ1n) is 22.4. The second-order valence-electron chi connectivity index (χ2n) is 15.8. The van der Waals surface area contributed by atoms with Crippen LogP contribution in [0.4, 0.5) is 0 Å². The molecule has 2 rings (SSSR count). The van der Waals surface area contributed by atoms with Crippen molar-refractivity contribution in [2.24, 2.45) is 0 Å². The molecule has 356 valence electrons. The van der Waals surface area contributed by atoms with Gasteiger partial charge in [-0.15, -0.1) is 0 Å². The van der Waals surface area contributed by atoms with E-state index in [1.54, 1.807) is 0 Å². The van der Waals surface area contributed by atoms with E-state index in [-0.39, 0.29) is 19.6 Å². The van der Waals surface area contributed by atoms with E-state index in [9.17, 15) is 45.6 Å². The minimum Gasteiger partial charge on any atom is -0.481 e. The monoisotopic (exact) mass is 871 g/mol. The zero-order chi connectivity index (χ0) is 43.8. The predicted octanol–water partition coefficient (Wildman–Crippen LogP) is -3.36. The molecular formula is C40H82N6O14. The third-order valence-electron chi connectivity index (χ3n) is 10.8. The molecule has 60 heavy (non-hydrogen) atoms. The van der Waals surface area contributed by atoms with E-state index in [0.29, 0.717) is 19.6 Å². The fraction of sp³-hybridized carbons (Fsp3) is 0.975. The lowest BCUT2D eigenvalue weighted by atomic mass is 9.99. The predicted molar refractivity (Wildman–Crippen MR) is 223 cm³/mol. The summed E-state index contributed by atoms with van der Waals surface area (Å²) in [6.07, 6.45) is -1.89. The highest BCUT2D eigenvalue weighted by molar-refractivity contribution is 5.66. The van der Waals surface area contributed by atoms with E-state index in [1.807, 2.05) is 4.90 Å². The van der Waals surface area contributed by atoms with Crippen LogP contribution < -0.4 is 26.6 Å². The first-order chi connectivity index (χ1) is 29.1. The van der Waals surface area contributed by atoms with Gasteiger partial charge in [-0.25, -0.2) is 0 Å². The Morgan fingerprint density at radius 3 is 1.17 bits per heavy atom. The lowest BCUT2D eigenvalue weighted by molar-refractivity contribution is -0.303. The number of carboxylic acids is 1. The summed E-state index contributed by atoms with van der Waals surface area (Å²) in [5.41, 5.74) is 0. The van der Waals surface area contributed by atoms with Gasteiger partial charge in [-0.3, -0.25) is 9.69 Å². The summed E-state index contributed by atoms with van der Waals surface area (Å²) in [5, 5.41) is 106. The number of aliphatic carboxylic acids is 1. The number of rotatable bonds is 39. The van der Waals surface area contributed by atoms with Gasteiger partial charge in [-0.05, 0) is 71.2 Å². The number of aliphatic hydroxyl groups excluding tert-OH is 8. The quantitative estimate of drug-likeness (QED) is 0.0268. The Kier molecular flexibility index (Phi) is 32.1. The number of ether oxygens (including phenoxy) is 4. The summed E-state index contributed by atoms with van der Waals surface area (Å²) in [5.74, 6) is -0.715. The molecule has 2 heterocycles. The van der Waals surface area contributed by atoms with E-state index in [0.717, 1.165) is 110 Å². The summed E-state index contributed by atoms with van der Waals surface area (Å²) in [6, 6.07) is 0. The number of carbonyl (C=O) groups is 1. The van der Waals surface area contributed by atoms with Crippen LogP contribution in [0.15, 0.2) is 0 Å². The highest BCUT2D eigenvalue weighted by Crippen LogP contribution is 2.23. The maximum atomic E-state index is 10.5. The van der Waals surface area contributed by atoms with Crippen LogP contribution in [0.2, 0.25) is 0 Å². The second kappa shape index (κ2) is 35.1. The summed E-state index contributed by atoms with van der Waals surface area (Å²) < 4.78 is 22.3. The highest BCUT2D eigenvalue weighted by atomic mass is 16.7. The summed E-state index contributed by atoms with van der Waals surface area (Å²) in [6.45, 7) is 10.1. The Balaban J connectivity index is 1.48. The minimum atomic E-state index is -1.54. The number of aliphatic hydroxyl groups is 8. The number of nitrogens with one attached hydrogen (secondary N) is 5. The zero-order valence-electron chi connectivity index (χ0n) is 35.8. The van der Waals surface area contributed by atoms with Crippen molar-refractivity contribution in [3.8, 4) is 0 Å². The fourth-order valence-electron chi connectivity index (χ4n) is 6.99. The van der Waals surface area contributed by atoms with E-state index in [2.05, 4.69) is 26.6 Å². The molecular weight excluding hydrogens is 788 g/mol. The maximum absolute atomic E-state index is 10.5. The molecule has 0 radical (unpaired) electrons. The van der Waals surface area contributed by atoms with Crippen LogP contribution in [0.3, 0.4) is 0 Å². The van der Waals surface area contributed by atoms with Gasteiger partial charge in [0.1, 0.15) is 48.8 Å². The largest absolute Gasteiger partial charge is 0.481 e. The van der Waals surface area contributed by atoms with Gasteiger partial charge < -0.3 is 91.5 Å². The molecule has 0 amide bonds. The smallest absolute Gasteiger partial charge is 0.303 e. The van der Waals surface area contributed by atoms with Gasteiger partial charge in [0.05, 0.1) is 26.4 Å². The molecule has 20 nitrogen and oxygen atoms in total. The van der Waals surface area contributed by atoms with Crippen molar-refractivity contribution in [3.63, 3.8) is 0 Å². The van der Waals surface area contributed by atoms with Crippen molar-refractivity contribution in [2.45, 2.75) is 138 Å². The lowest BCUT2D eigenvalue weighted by Crippen LogP contribution is -2.59. The molecule has 2 aliphatic heterocycles. The van der Waals surface area contributed by atoms with Crippen LogP contribution in [0.1, 0.15) is 77.0 Å². The van der Waals surface area contributed by atoms with Gasteiger partial charge in [-0.1, -0.05) is 32.1 Å². The third-order valence-corrected chi connectivity index (χ3v) is 10.8. The molecule has 0 aromatic carbocycles. The molecule has 14 N–H and O–H groups in total. The summed E-state index contributed by atoms with van der Waals surface area (Å²) in [7, 11) is 0. The van der Waals surface area contributed by atoms with E-state index in [4.69, 9.17) is 24.1 Å². The highest BCUT2D eigenvalue weighted by Gasteiger charge is 2.45. The molecule has 2 fully saturated rings. The molecule has 0 aromatic rings. The lowest BCUT2D eigenvalue weighted by Gasteiger charge is -2.40. The molecule has 2 saturated heterocycles. The zero-order valence-corrected chi connectivity index (χ0v) is 35.8. The average molecular weight is 871 g/mol. The Hall–Kier alpha value is -1.25. The molecule has 10 atom stereocenters. The van der Waals surface area contributed by atoms with E-state index in [1.165, 1.54) is 25.7 Å². The maximum Gasteiger partial charge on any atom is 0.303 e. The van der Waals surface area contributed by atoms with Gasteiger partial charge >= 0.3 is 5.97 Å². The van der Waals surface area contributed by atoms with Crippen LogP contribution in [0.5, 0.6) is 0 Å². The molecule has 0 aliphatic carbocycles. The topological polar surface area (TPSA) is 299 Å². The number of nitrogens with zero attached hydrogens (tertiary/aromatic N) is 1. The summed E-state index contributed by atoms with van der Waals surface area (Å²) >= 11 is 0. The van der Waals surface area contributed by atoms with Crippen molar-refractivity contribution in [3.05, 3.63) is 0 Å². The number of carboxylic acid groups (broad SMARTS) is 1. The van der Waals surface area contributed by atoms with Gasteiger partial charge in [0.25, 0.3) is 0 Å². The first-order valence-corrected chi connectivity index (χ1v) is 22.4. The summed E-state index contributed by atoms with van der Waals surface area (Å²) in [4.78, 5) is 12.5. The normalized spacial score (nSPS) is 27.2. The van der Waals surface area contributed by atoms with E-state index >= 15 is 0 Å². The Morgan fingerprint density at radius 2 is 0.800 bits per heavy atom. The molecule has 0 aromatic heterocycles. The molecule has 0 saturated carbocycles. The molecule has 20 heteroatoms. The van der Waals surface area contributed by atoms with Crippen LogP contribution >= 0.6 is 0 Å². The number of hydrogen-bond acceptors (Lipinski definition) is 19. The van der Waals surface area contributed by atoms with Crippen LogP contribution in [-0.2, 0) is 23.7 Å². The first kappa shape index (κ1) is 54.9. The molecule has 2 aliphatic rings. The SMILES string of the molecule is O=C(O)CCCCCNCCNCCCCCCNCCNCCNCCCCCCN(CCOC1O[C@H](CO)[C@@H](O)[C@H](O)[C@@H]1O)CCO[C@H]1O[C@H](CO)[C@@H](O)[C@H](O)[C@@H]1O. The van der Waals surface area contributed by atoms with Crippen molar-refractivity contribution in [1.29, 1.82) is 0 Å². The van der Waals surface area contributed by atoms with Crippen molar-refractivity contribution < 1.29 is 69.7 Å². The van der Waals surface area contributed by atoms with Gasteiger partial charge in [0.15, 0.2) is 12.6 Å². The Bertz CT molecular complexity index is 988. The van der Waals surface area contributed by atoms with Crippen molar-refractivity contribution in [2.75, 3.05) is 112 Å². The van der Waals surface area contributed by atoms with Crippen LogP contribution in [0, 0.1) is 0 Å². The van der Waals surface area contributed by atoms with E-state index < -0.39 is 80.6 Å².